The van der Waals surface area contributed by atoms with Gasteiger partial charge in [0.05, 0.1) is 0 Å². The van der Waals surface area contributed by atoms with Gasteiger partial charge in [-0.1, -0.05) is 6.58 Å². The van der Waals surface area contributed by atoms with Gasteiger partial charge in [0, 0.05) is 18.9 Å². The summed E-state index contributed by atoms with van der Waals surface area (Å²) >= 11 is 0. The summed E-state index contributed by atoms with van der Waals surface area (Å²) < 4.78 is 0. The number of hydrogen-bond donors (Lipinski definition) is 1. The second kappa shape index (κ2) is 4.50. The first-order valence-electron chi connectivity index (χ1n) is 3.66. The van der Waals surface area contributed by atoms with Gasteiger partial charge in [-0.25, -0.2) is 0 Å². The number of nitrogens with one attached hydrogen (secondary N) is 1. The van der Waals surface area contributed by atoms with Crippen molar-refractivity contribution in [3.63, 3.8) is 0 Å². The van der Waals surface area contributed by atoms with Gasteiger partial charge in [-0.05, 0) is 30.3 Å². The molecule has 0 fully saturated rings. The summed E-state index contributed by atoms with van der Waals surface area (Å²) in [4.78, 5) is 3.93. The van der Waals surface area contributed by atoms with Gasteiger partial charge in [0.25, 0.3) is 0 Å². The van der Waals surface area contributed by atoms with Crippen molar-refractivity contribution in [3.8, 4) is 0 Å². The van der Waals surface area contributed by atoms with Crippen LogP contribution in [0.3, 0.4) is 0 Å². The Kier molecular flexibility index (Phi) is 3.19. The SMILES string of the molecule is C=CNCCc1ccncc1. The van der Waals surface area contributed by atoms with Crippen LogP contribution in [0.2, 0.25) is 0 Å². The molecule has 2 nitrogen and oxygen atoms in total. The minimum Gasteiger partial charge on any atom is -0.391 e. The number of rotatable bonds is 4. The Morgan fingerprint density at radius 1 is 1.45 bits per heavy atom. The molecule has 1 aromatic rings. The van der Waals surface area contributed by atoms with E-state index >= 15 is 0 Å². The van der Waals surface area contributed by atoms with E-state index in [0.717, 1.165) is 13.0 Å². The molecule has 0 aliphatic heterocycles. The molecule has 0 saturated heterocycles. The van der Waals surface area contributed by atoms with E-state index in [0.29, 0.717) is 0 Å². The number of pyridine rings is 1. The van der Waals surface area contributed by atoms with Crippen LogP contribution in [0.25, 0.3) is 0 Å². The molecule has 1 heterocycles. The normalized spacial score (nSPS) is 9.09. The lowest BCUT2D eigenvalue weighted by Gasteiger charge is -1.99. The van der Waals surface area contributed by atoms with E-state index in [2.05, 4.69) is 16.9 Å². The zero-order chi connectivity index (χ0) is 7.94. The van der Waals surface area contributed by atoms with Crippen molar-refractivity contribution in [2.24, 2.45) is 0 Å². The summed E-state index contributed by atoms with van der Waals surface area (Å²) in [6.45, 7) is 4.51. The highest BCUT2D eigenvalue weighted by molar-refractivity contribution is 5.09. The summed E-state index contributed by atoms with van der Waals surface area (Å²) in [7, 11) is 0. The quantitative estimate of drug-likeness (QED) is 0.652. The lowest BCUT2D eigenvalue weighted by molar-refractivity contribution is 0.833. The summed E-state index contributed by atoms with van der Waals surface area (Å²) in [6, 6.07) is 4.04. The van der Waals surface area contributed by atoms with E-state index in [1.807, 2.05) is 24.5 Å². The van der Waals surface area contributed by atoms with Gasteiger partial charge < -0.3 is 5.32 Å². The Bertz CT molecular complexity index is 206. The molecule has 0 bridgehead atoms. The molecule has 0 aliphatic rings. The molecule has 11 heavy (non-hydrogen) atoms. The zero-order valence-corrected chi connectivity index (χ0v) is 6.46. The standard InChI is InChI=1S/C9H12N2/c1-2-10-6-3-9-4-7-11-8-5-9/h2,4-5,7-8,10H,1,3,6H2. The Morgan fingerprint density at radius 2 is 2.18 bits per heavy atom. The van der Waals surface area contributed by atoms with Crippen molar-refractivity contribution in [2.75, 3.05) is 6.54 Å². The van der Waals surface area contributed by atoms with Crippen molar-refractivity contribution in [2.45, 2.75) is 6.42 Å². The monoisotopic (exact) mass is 148 g/mol. The fourth-order valence-corrected chi connectivity index (χ4v) is 0.868. The molecule has 0 aromatic carbocycles. The predicted molar refractivity (Wildman–Crippen MR) is 46.1 cm³/mol. The first kappa shape index (κ1) is 7.79. The van der Waals surface area contributed by atoms with Gasteiger partial charge in [-0.2, -0.15) is 0 Å². The summed E-state index contributed by atoms with van der Waals surface area (Å²) in [5, 5.41) is 3.04. The van der Waals surface area contributed by atoms with Crippen molar-refractivity contribution in [1.82, 2.24) is 10.3 Å². The van der Waals surface area contributed by atoms with Crippen molar-refractivity contribution >= 4 is 0 Å². The average Bonchev–Trinajstić information content (AvgIpc) is 2.07. The maximum absolute atomic E-state index is 3.93. The lowest BCUT2D eigenvalue weighted by atomic mass is 10.2. The largest absolute Gasteiger partial charge is 0.391 e. The van der Waals surface area contributed by atoms with Crippen LogP contribution in [0, 0.1) is 0 Å². The van der Waals surface area contributed by atoms with Gasteiger partial charge in [0.1, 0.15) is 0 Å². The van der Waals surface area contributed by atoms with E-state index in [1.54, 1.807) is 6.20 Å². The Morgan fingerprint density at radius 3 is 2.82 bits per heavy atom. The Hall–Kier alpha value is -1.31. The third kappa shape index (κ3) is 2.85. The minimum absolute atomic E-state index is 0.938. The molecule has 0 aliphatic carbocycles. The van der Waals surface area contributed by atoms with Crippen LogP contribution >= 0.6 is 0 Å². The van der Waals surface area contributed by atoms with Gasteiger partial charge in [-0.3, -0.25) is 4.98 Å². The minimum atomic E-state index is 0.938. The molecule has 0 unspecified atom stereocenters. The molecule has 0 amide bonds. The highest BCUT2D eigenvalue weighted by atomic mass is 14.8. The van der Waals surface area contributed by atoms with Gasteiger partial charge in [0.15, 0.2) is 0 Å². The molecule has 1 aromatic heterocycles. The molecule has 2 heteroatoms. The van der Waals surface area contributed by atoms with Gasteiger partial charge in [-0.15, -0.1) is 0 Å². The van der Waals surface area contributed by atoms with Crippen molar-refractivity contribution in [1.29, 1.82) is 0 Å². The van der Waals surface area contributed by atoms with Gasteiger partial charge in [0.2, 0.25) is 0 Å². The molecule has 0 radical (unpaired) electrons. The predicted octanol–water partition coefficient (Wildman–Crippen LogP) is 1.36. The van der Waals surface area contributed by atoms with Gasteiger partial charge >= 0.3 is 0 Å². The van der Waals surface area contributed by atoms with Crippen LogP contribution < -0.4 is 5.32 Å². The van der Waals surface area contributed by atoms with Crippen LogP contribution in [0.1, 0.15) is 5.56 Å². The Labute approximate surface area is 67.0 Å². The van der Waals surface area contributed by atoms with E-state index in [9.17, 15) is 0 Å². The second-order valence-corrected chi connectivity index (χ2v) is 2.26. The summed E-state index contributed by atoms with van der Waals surface area (Å²) in [6.07, 6.45) is 6.35. The van der Waals surface area contributed by atoms with Crippen LogP contribution in [0.4, 0.5) is 0 Å². The molecule has 1 rings (SSSR count). The molecule has 1 N–H and O–H groups in total. The highest BCUT2D eigenvalue weighted by Gasteiger charge is 1.87. The van der Waals surface area contributed by atoms with Crippen LogP contribution in [-0.2, 0) is 6.42 Å². The number of nitrogens with zero attached hydrogens (tertiary/aromatic N) is 1. The molecule has 0 saturated carbocycles. The first-order valence-corrected chi connectivity index (χ1v) is 3.66. The second-order valence-electron chi connectivity index (χ2n) is 2.26. The van der Waals surface area contributed by atoms with Crippen molar-refractivity contribution < 1.29 is 0 Å². The van der Waals surface area contributed by atoms with E-state index in [4.69, 9.17) is 0 Å². The molecule has 0 spiro atoms. The van der Waals surface area contributed by atoms with Crippen LogP contribution in [-0.4, -0.2) is 11.5 Å². The molecule has 0 atom stereocenters. The molecule has 58 valence electrons. The third-order valence-corrected chi connectivity index (χ3v) is 1.45. The van der Waals surface area contributed by atoms with E-state index in [-0.39, 0.29) is 0 Å². The number of hydrogen-bond acceptors (Lipinski definition) is 2. The van der Waals surface area contributed by atoms with Crippen LogP contribution in [0.5, 0.6) is 0 Å². The topological polar surface area (TPSA) is 24.9 Å². The van der Waals surface area contributed by atoms with Crippen LogP contribution in [0.15, 0.2) is 37.3 Å². The lowest BCUT2D eigenvalue weighted by Crippen LogP contribution is -2.08. The van der Waals surface area contributed by atoms with E-state index < -0.39 is 0 Å². The maximum atomic E-state index is 3.93. The summed E-state index contributed by atoms with van der Waals surface area (Å²) in [5.74, 6) is 0. The Balaban J connectivity index is 2.33. The van der Waals surface area contributed by atoms with Crippen molar-refractivity contribution in [3.05, 3.63) is 42.9 Å². The fourth-order valence-electron chi connectivity index (χ4n) is 0.868. The number of aromatic nitrogens is 1. The molecular formula is C9H12N2. The molecular weight excluding hydrogens is 136 g/mol. The first-order chi connectivity index (χ1) is 5.43. The smallest absolute Gasteiger partial charge is 0.0270 e. The zero-order valence-electron chi connectivity index (χ0n) is 6.46. The summed E-state index contributed by atoms with van der Waals surface area (Å²) in [5.41, 5.74) is 1.30. The van der Waals surface area contributed by atoms with E-state index in [1.165, 1.54) is 5.56 Å². The average molecular weight is 148 g/mol. The highest BCUT2D eigenvalue weighted by Crippen LogP contribution is 1.95. The maximum Gasteiger partial charge on any atom is 0.0270 e. The fraction of sp³-hybridized carbons (Fsp3) is 0.222. The third-order valence-electron chi connectivity index (χ3n) is 1.45.